The summed E-state index contributed by atoms with van der Waals surface area (Å²) >= 11 is 0. The molecule has 1 aliphatic rings. The van der Waals surface area contributed by atoms with E-state index in [-0.39, 0.29) is 17.3 Å². The van der Waals surface area contributed by atoms with Gasteiger partial charge in [0.15, 0.2) is 11.2 Å². The summed E-state index contributed by atoms with van der Waals surface area (Å²) in [5.74, 6) is 0.868. The first kappa shape index (κ1) is 17.0. The second-order valence-corrected chi connectivity index (χ2v) is 7.19. The van der Waals surface area contributed by atoms with Crippen molar-refractivity contribution < 1.29 is 0 Å². The number of nitrogens with zero attached hydrogens (tertiary/aromatic N) is 5. The van der Waals surface area contributed by atoms with Gasteiger partial charge in [0, 0.05) is 26.2 Å². The average molecular weight is 333 g/mol. The Morgan fingerprint density at radius 2 is 1.88 bits per heavy atom. The molecule has 0 bridgehead atoms. The summed E-state index contributed by atoms with van der Waals surface area (Å²) in [7, 11) is 3.20. The minimum absolute atomic E-state index is 0.107. The molecule has 1 unspecified atom stereocenters. The summed E-state index contributed by atoms with van der Waals surface area (Å²) < 4.78 is 4.63. The van der Waals surface area contributed by atoms with Crippen LogP contribution in [-0.4, -0.2) is 36.2 Å². The summed E-state index contributed by atoms with van der Waals surface area (Å²) in [6, 6.07) is 0.626. The number of hydrogen-bond donors (Lipinski definition) is 0. The van der Waals surface area contributed by atoms with Crippen molar-refractivity contribution in [2.45, 2.75) is 58.7 Å². The van der Waals surface area contributed by atoms with E-state index < -0.39 is 0 Å². The summed E-state index contributed by atoms with van der Waals surface area (Å²) in [6.45, 7) is 8.12. The van der Waals surface area contributed by atoms with Crippen LogP contribution >= 0.6 is 0 Å². The van der Waals surface area contributed by atoms with Crippen molar-refractivity contribution >= 4 is 11.2 Å². The highest BCUT2D eigenvalue weighted by molar-refractivity contribution is 5.71. The lowest BCUT2D eigenvalue weighted by Crippen LogP contribution is -2.38. The number of piperidine rings is 1. The van der Waals surface area contributed by atoms with Gasteiger partial charge in [0.2, 0.25) is 0 Å². The van der Waals surface area contributed by atoms with E-state index in [2.05, 4.69) is 25.7 Å². The standard InChI is InChI=1S/C17H27N5O2/c1-11(2)22-13(10-21-9-7-6-8-12(21)3)18-15-14(22)16(23)20(5)17(24)19(15)4/h11-12H,6-10H2,1-5H3. The predicted molar refractivity (Wildman–Crippen MR) is 94.3 cm³/mol. The maximum Gasteiger partial charge on any atom is 0.332 e. The van der Waals surface area contributed by atoms with Crippen LogP contribution in [-0.2, 0) is 20.6 Å². The lowest BCUT2D eigenvalue weighted by Gasteiger charge is -2.33. The number of likely N-dealkylation sites (tertiary alicyclic amines) is 1. The minimum atomic E-state index is -0.334. The first-order valence-electron chi connectivity index (χ1n) is 8.73. The SMILES string of the molecule is CC1CCCCN1Cc1nc2c(c(=O)n(C)c(=O)n2C)n1C(C)C. The van der Waals surface area contributed by atoms with Crippen LogP contribution < -0.4 is 11.2 Å². The van der Waals surface area contributed by atoms with Crippen molar-refractivity contribution in [3.05, 3.63) is 26.7 Å². The Hall–Kier alpha value is -1.89. The molecule has 7 nitrogen and oxygen atoms in total. The van der Waals surface area contributed by atoms with Gasteiger partial charge < -0.3 is 4.57 Å². The molecule has 2 aromatic heterocycles. The molecule has 0 aromatic carbocycles. The maximum absolute atomic E-state index is 12.7. The molecular formula is C17H27N5O2. The third-order valence-corrected chi connectivity index (χ3v) is 5.17. The average Bonchev–Trinajstić information content (AvgIpc) is 2.92. The van der Waals surface area contributed by atoms with Gasteiger partial charge in [-0.2, -0.15) is 0 Å². The molecule has 24 heavy (non-hydrogen) atoms. The van der Waals surface area contributed by atoms with Gasteiger partial charge in [-0.05, 0) is 40.2 Å². The molecule has 3 rings (SSSR count). The molecule has 0 saturated carbocycles. The molecule has 7 heteroatoms. The Bertz CT molecular complexity index is 874. The fourth-order valence-electron chi connectivity index (χ4n) is 3.70. The zero-order chi connectivity index (χ0) is 17.6. The van der Waals surface area contributed by atoms with Crippen LogP contribution in [0, 0.1) is 0 Å². The Morgan fingerprint density at radius 1 is 1.17 bits per heavy atom. The van der Waals surface area contributed by atoms with Crippen molar-refractivity contribution in [3.8, 4) is 0 Å². The van der Waals surface area contributed by atoms with Crippen molar-refractivity contribution in [1.82, 2.24) is 23.6 Å². The fraction of sp³-hybridized carbons (Fsp3) is 0.706. The van der Waals surface area contributed by atoms with Crippen LogP contribution in [0.15, 0.2) is 9.59 Å². The zero-order valence-electron chi connectivity index (χ0n) is 15.2. The van der Waals surface area contributed by atoms with E-state index in [1.165, 1.54) is 30.9 Å². The van der Waals surface area contributed by atoms with Gasteiger partial charge in [-0.1, -0.05) is 6.42 Å². The molecule has 0 N–H and O–H groups in total. The summed E-state index contributed by atoms with van der Waals surface area (Å²) in [6.07, 6.45) is 3.67. The molecule has 2 aromatic rings. The fourth-order valence-corrected chi connectivity index (χ4v) is 3.70. The van der Waals surface area contributed by atoms with E-state index >= 15 is 0 Å². The molecule has 132 valence electrons. The van der Waals surface area contributed by atoms with Crippen molar-refractivity contribution in [2.24, 2.45) is 14.1 Å². The van der Waals surface area contributed by atoms with Crippen molar-refractivity contribution in [3.63, 3.8) is 0 Å². The van der Waals surface area contributed by atoms with Crippen LogP contribution in [0.3, 0.4) is 0 Å². The van der Waals surface area contributed by atoms with Crippen molar-refractivity contribution in [2.75, 3.05) is 6.54 Å². The first-order valence-corrected chi connectivity index (χ1v) is 8.73. The molecule has 1 atom stereocenters. The highest BCUT2D eigenvalue weighted by atomic mass is 16.2. The molecule has 0 spiro atoms. The van der Waals surface area contributed by atoms with Crippen LogP contribution in [0.1, 0.15) is 51.9 Å². The first-order chi connectivity index (χ1) is 11.3. The third-order valence-electron chi connectivity index (χ3n) is 5.17. The summed E-state index contributed by atoms with van der Waals surface area (Å²) in [4.78, 5) is 32.0. The van der Waals surface area contributed by atoms with Crippen molar-refractivity contribution in [1.29, 1.82) is 0 Å². The van der Waals surface area contributed by atoms with Crippen LogP contribution in [0.5, 0.6) is 0 Å². The van der Waals surface area contributed by atoms with E-state index in [1.54, 1.807) is 7.05 Å². The maximum atomic E-state index is 12.7. The van der Waals surface area contributed by atoms with Gasteiger partial charge in [0.25, 0.3) is 5.56 Å². The number of hydrogen-bond acceptors (Lipinski definition) is 4. The van der Waals surface area contributed by atoms with Crippen LogP contribution in [0.25, 0.3) is 11.2 Å². The highest BCUT2D eigenvalue weighted by Gasteiger charge is 2.24. The molecule has 1 aliphatic heterocycles. The Kier molecular flexibility index (Phi) is 4.38. The van der Waals surface area contributed by atoms with E-state index in [0.717, 1.165) is 16.9 Å². The predicted octanol–water partition coefficient (Wildman–Crippen LogP) is 1.39. The Morgan fingerprint density at radius 3 is 2.50 bits per heavy atom. The Balaban J connectivity index is 2.19. The summed E-state index contributed by atoms with van der Waals surface area (Å²) in [5.41, 5.74) is 0.400. The topological polar surface area (TPSA) is 65.1 Å². The lowest BCUT2D eigenvalue weighted by molar-refractivity contribution is 0.146. The molecule has 0 amide bonds. The third kappa shape index (κ3) is 2.60. The summed E-state index contributed by atoms with van der Waals surface area (Å²) in [5, 5.41) is 0. The van der Waals surface area contributed by atoms with Gasteiger partial charge in [-0.15, -0.1) is 0 Å². The largest absolute Gasteiger partial charge is 0.332 e. The molecule has 0 aliphatic carbocycles. The molecule has 1 saturated heterocycles. The van der Waals surface area contributed by atoms with E-state index in [9.17, 15) is 9.59 Å². The minimum Gasteiger partial charge on any atom is -0.318 e. The number of aryl methyl sites for hydroxylation is 1. The van der Waals surface area contributed by atoms with Gasteiger partial charge in [-0.3, -0.25) is 18.8 Å². The lowest BCUT2D eigenvalue weighted by atomic mass is 10.0. The van der Waals surface area contributed by atoms with Gasteiger partial charge in [0.1, 0.15) is 5.82 Å². The number of imidazole rings is 1. The van der Waals surface area contributed by atoms with Crippen LogP contribution in [0.4, 0.5) is 0 Å². The molecule has 0 radical (unpaired) electrons. The number of aromatic nitrogens is 4. The zero-order valence-corrected chi connectivity index (χ0v) is 15.2. The monoisotopic (exact) mass is 333 g/mol. The second-order valence-electron chi connectivity index (χ2n) is 7.19. The quantitative estimate of drug-likeness (QED) is 0.851. The highest BCUT2D eigenvalue weighted by Crippen LogP contribution is 2.22. The Labute approximate surface area is 141 Å². The molecule has 1 fully saturated rings. The van der Waals surface area contributed by atoms with Gasteiger partial charge in [0.05, 0.1) is 6.54 Å². The normalized spacial score (nSPS) is 19.5. The van der Waals surface area contributed by atoms with E-state index in [0.29, 0.717) is 23.8 Å². The molecular weight excluding hydrogens is 306 g/mol. The molecule has 3 heterocycles. The second kappa shape index (κ2) is 6.20. The van der Waals surface area contributed by atoms with Crippen LogP contribution in [0.2, 0.25) is 0 Å². The van der Waals surface area contributed by atoms with E-state index in [1.807, 2.05) is 4.57 Å². The van der Waals surface area contributed by atoms with E-state index in [4.69, 9.17) is 4.98 Å². The smallest absolute Gasteiger partial charge is 0.318 e. The number of fused-ring (bicyclic) bond motifs is 1. The van der Waals surface area contributed by atoms with Gasteiger partial charge >= 0.3 is 5.69 Å². The number of rotatable bonds is 3. The van der Waals surface area contributed by atoms with Gasteiger partial charge in [-0.25, -0.2) is 9.78 Å².